The lowest BCUT2D eigenvalue weighted by molar-refractivity contribution is -0.119. The zero-order chi connectivity index (χ0) is 18.8. The van der Waals surface area contributed by atoms with Crippen LogP contribution in [0, 0.1) is 0 Å². The number of unbranched alkanes of at least 4 members (excludes halogenated alkanes) is 1. The van der Waals surface area contributed by atoms with E-state index in [2.05, 4.69) is 10.3 Å². The zero-order valence-electron chi connectivity index (χ0n) is 14.4. The van der Waals surface area contributed by atoms with E-state index in [9.17, 15) is 14.4 Å². The molecule has 0 radical (unpaired) electrons. The highest BCUT2D eigenvalue weighted by atomic mass is 16.5. The lowest BCUT2D eigenvalue weighted by Gasteiger charge is -2.08. The molecule has 0 atom stereocenters. The maximum Gasteiger partial charge on any atom is 0.340 e. The lowest BCUT2D eigenvalue weighted by atomic mass is 10.2. The zero-order valence-corrected chi connectivity index (χ0v) is 14.4. The van der Waals surface area contributed by atoms with E-state index in [0.29, 0.717) is 17.9 Å². The van der Waals surface area contributed by atoms with Crippen molar-refractivity contribution in [3.05, 3.63) is 59.9 Å². The minimum absolute atomic E-state index is 0.270. The van der Waals surface area contributed by atoms with Gasteiger partial charge in [0.05, 0.1) is 17.7 Å². The van der Waals surface area contributed by atoms with Crippen LogP contribution in [0.1, 0.15) is 40.5 Å². The van der Waals surface area contributed by atoms with E-state index >= 15 is 0 Å². The smallest absolute Gasteiger partial charge is 0.340 e. The van der Waals surface area contributed by atoms with Crippen LogP contribution in [0.25, 0.3) is 0 Å². The van der Waals surface area contributed by atoms with Crippen LogP contribution in [0.4, 0.5) is 5.69 Å². The van der Waals surface area contributed by atoms with E-state index < -0.39 is 24.5 Å². The van der Waals surface area contributed by atoms with Crippen LogP contribution < -0.4 is 5.32 Å². The summed E-state index contributed by atoms with van der Waals surface area (Å²) in [6.45, 7) is 1.98. The first-order valence-corrected chi connectivity index (χ1v) is 8.24. The van der Waals surface area contributed by atoms with Gasteiger partial charge in [0.1, 0.15) is 0 Å². The molecule has 26 heavy (non-hydrogen) atoms. The van der Waals surface area contributed by atoms with Crippen LogP contribution in [0.5, 0.6) is 0 Å². The molecular weight excluding hydrogens is 336 g/mol. The van der Waals surface area contributed by atoms with Crippen molar-refractivity contribution in [2.24, 2.45) is 0 Å². The van der Waals surface area contributed by atoms with Crippen molar-refractivity contribution in [1.29, 1.82) is 0 Å². The molecule has 0 unspecified atom stereocenters. The highest BCUT2D eigenvalue weighted by Crippen LogP contribution is 2.11. The largest absolute Gasteiger partial charge is 0.462 e. The second-order valence-electron chi connectivity index (χ2n) is 5.43. The van der Waals surface area contributed by atoms with Gasteiger partial charge in [0.15, 0.2) is 6.61 Å². The molecule has 136 valence electrons. The number of hydrogen-bond acceptors (Lipinski definition) is 6. The quantitative estimate of drug-likeness (QED) is 0.577. The van der Waals surface area contributed by atoms with Gasteiger partial charge in [-0.25, -0.2) is 9.59 Å². The van der Waals surface area contributed by atoms with Crippen LogP contribution in [-0.2, 0) is 14.3 Å². The van der Waals surface area contributed by atoms with Crippen LogP contribution >= 0.6 is 0 Å². The summed E-state index contributed by atoms with van der Waals surface area (Å²) in [7, 11) is 0. The van der Waals surface area contributed by atoms with E-state index in [0.717, 1.165) is 12.8 Å². The number of amides is 1. The molecule has 0 bridgehead atoms. The lowest BCUT2D eigenvalue weighted by Crippen LogP contribution is -2.21. The number of carbonyl (C=O) groups excluding carboxylic acids is 3. The van der Waals surface area contributed by atoms with Gasteiger partial charge in [-0.2, -0.15) is 0 Å². The van der Waals surface area contributed by atoms with E-state index in [1.165, 1.54) is 12.4 Å². The average Bonchev–Trinajstić information content (AvgIpc) is 2.67. The van der Waals surface area contributed by atoms with E-state index in [1.807, 2.05) is 6.92 Å². The molecule has 0 aliphatic carbocycles. The number of esters is 2. The molecular formula is C19H20N2O5. The fourth-order valence-electron chi connectivity index (χ4n) is 1.98. The Bertz CT molecular complexity index is 744. The van der Waals surface area contributed by atoms with Gasteiger partial charge < -0.3 is 14.8 Å². The van der Waals surface area contributed by atoms with Crippen LogP contribution in [0.15, 0.2) is 48.8 Å². The second-order valence-corrected chi connectivity index (χ2v) is 5.43. The molecule has 0 fully saturated rings. The van der Waals surface area contributed by atoms with Gasteiger partial charge in [0.2, 0.25) is 0 Å². The van der Waals surface area contributed by atoms with Crippen molar-refractivity contribution in [3.8, 4) is 0 Å². The minimum atomic E-state index is -0.626. The number of carbonyl (C=O) groups is 3. The third-order valence-electron chi connectivity index (χ3n) is 3.37. The molecule has 0 aliphatic rings. The normalized spacial score (nSPS) is 10.0. The van der Waals surface area contributed by atoms with Crippen molar-refractivity contribution in [3.63, 3.8) is 0 Å². The number of rotatable bonds is 8. The molecule has 0 saturated carbocycles. The molecule has 7 nitrogen and oxygen atoms in total. The van der Waals surface area contributed by atoms with Crippen molar-refractivity contribution in [2.75, 3.05) is 18.5 Å². The number of nitrogens with zero attached hydrogens (tertiary/aromatic N) is 1. The predicted molar refractivity (Wildman–Crippen MR) is 94.8 cm³/mol. The molecule has 2 aromatic rings. The number of pyridine rings is 1. The molecule has 0 spiro atoms. The monoisotopic (exact) mass is 356 g/mol. The molecule has 1 heterocycles. The van der Waals surface area contributed by atoms with Crippen LogP contribution in [0.3, 0.4) is 0 Å². The summed E-state index contributed by atoms with van der Waals surface area (Å²) in [6.07, 6.45) is 4.66. The molecule has 1 amide bonds. The maximum absolute atomic E-state index is 11.8. The number of nitrogens with one attached hydrogen (secondary N) is 1. The van der Waals surface area contributed by atoms with Gasteiger partial charge in [-0.05, 0) is 42.8 Å². The van der Waals surface area contributed by atoms with E-state index in [-0.39, 0.29) is 5.56 Å². The minimum Gasteiger partial charge on any atom is -0.462 e. The highest BCUT2D eigenvalue weighted by Gasteiger charge is 2.11. The molecule has 7 heteroatoms. The van der Waals surface area contributed by atoms with Crippen molar-refractivity contribution < 1.29 is 23.9 Å². The Balaban J connectivity index is 1.80. The van der Waals surface area contributed by atoms with Crippen molar-refractivity contribution >= 4 is 23.5 Å². The fraction of sp³-hybridized carbons (Fsp3) is 0.263. The molecule has 0 saturated heterocycles. The van der Waals surface area contributed by atoms with Crippen molar-refractivity contribution in [2.45, 2.75) is 19.8 Å². The third-order valence-corrected chi connectivity index (χ3v) is 3.37. The second kappa shape index (κ2) is 9.93. The first-order chi connectivity index (χ1) is 12.6. The fourth-order valence-corrected chi connectivity index (χ4v) is 1.98. The van der Waals surface area contributed by atoms with Gasteiger partial charge in [-0.1, -0.05) is 13.3 Å². The number of ether oxygens (including phenoxy) is 2. The summed E-state index contributed by atoms with van der Waals surface area (Å²) in [5.41, 5.74) is 1.16. The Kier molecular flexibility index (Phi) is 7.30. The van der Waals surface area contributed by atoms with Gasteiger partial charge in [-0.3, -0.25) is 9.78 Å². The standard InChI is InChI=1S/C19H20N2O5/c1-2-3-11-25-18(23)14-6-8-16(9-7-14)21-17(22)13-26-19(24)15-5-4-10-20-12-15/h4-10,12H,2-3,11,13H2,1H3,(H,21,22). The summed E-state index contributed by atoms with van der Waals surface area (Å²) in [5.74, 6) is -1.51. The Morgan fingerprint density at radius 2 is 1.73 bits per heavy atom. The number of anilines is 1. The topological polar surface area (TPSA) is 94.6 Å². The first-order valence-electron chi connectivity index (χ1n) is 8.24. The molecule has 1 aromatic carbocycles. The Hall–Kier alpha value is -3.22. The van der Waals surface area contributed by atoms with E-state index in [4.69, 9.17) is 9.47 Å². The number of benzene rings is 1. The molecule has 0 aliphatic heterocycles. The number of aromatic nitrogens is 1. The van der Waals surface area contributed by atoms with Crippen molar-refractivity contribution in [1.82, 2.24) is 4.98 Å². The Morgan fingerprint density at radius 3 is 2.38 bits per heavy atom. The average molecular weight is 356 g/mol. The van der Waals surface area contributed by atoms with Crippen LogP contribution in [0.2, 0.25) is 0 Å². The number of hydrogen-bond donors (Lipinski definition) is 1. The predicted octanol–water partition coefficient (Wildman–Crippen LogP) is 2.83. The van der Waals surface area contributed by atoms with Crippen LogP contribution in [-0.4, -0.2) is 36.0 Å². The summed E-state index contributed by atoms with van der Waals surface area (Å²) in [4.78, 5) is 39.2. The summed E-state index contributed by atoms with van der Waals surface area (Å²) in [5, 5.41) is 2.58. The summed E-state index contributed by atoms with van der Waals surface area (Å²) < 4.78 is 10.0. The summed E-state index contributed by atoms with van der Waals surface area (Å²) >= 11 is 0. The van der Waals surface area contributed by atoms with Gasteiger partial charge in [-0.15, -0.1) is 0 Å². The van der Waals surface area contributed by atoms with Gasteiger partial charge in [0.25, 0.3) is 5.91 Å². The Labute approximate surface area is 151 Å². The highest BCUT2D eigenvalue weighted by molar-refractivity contribution is 5.96. The first kappa shape index (κ1) is 19.1. The third kappa shape index (κ3) is 6.01. The summed E-state index contributed by atoms with van der Waals surface area (Å²) in [6, 6.07) is 9.43. The SMILES string of the molecule is CCCCOC(=O)c1ccc(NC(=O)COC(=O)c2cccnc2)cc1. The maximum atomic E-state index is 11.8. The molecule has 2 rings (SSSR count). The van der Waals surface area contributed by atoms with Gasteiger partial charge >= 0.3 is 11.9 Å². The molecule has 1 N–H and O–H groups in total. The Morgan fingerprint density at radius 1 is 1.00 bits per heavy atom. The van der Waals surface area contributed by atoms with Gasteiger partial charge in [0, 0.05) is 18.1 Å². The molecule has 1 aromatic heterocycles. The van der Waals surface area contributed by atoms with E-state index in [1.54, 1.807) is 36.4 Å².